The predicted molar refractivity (Wildman–Crippen MR) is 58.9 cm³/mol. The fourth-order valence-electron chi connectivity index (χ4n) is 1.66. The Morgan fingerprint density at radius 1 is 1.53 bits per heavy atom. The van der Waals surface area contributed by atoms with Crippen LogP contribution in [0.15, 0.2) is 12.7 Å². The second-order valence-corrected chi connectivity index (χ2v) is 3.73. The van der Waals surface area contributed by atoms with Gasteiger partial charge in [-0.05, 0) is 7.05 Å². The first-order valence-corrected chi connectivity index (χ1v) is 5.46. The summed E-state index contributed by atoms with van der Waals surface area (Å²) in [5.41, 5.74) is 0. The van der Waals surface area contributed by atoms with Gasteiger partial charge in [-0.1, -0.05) is 0 Å². The Bertz CT molecular complexity index is 372. The van der Waals surface area contributed by atoms with Gasteiger partial charge < -0.3 is 15.0 Å². The Kier molecular flexibility index (Phi) is 3.94. The van der Waals surface area contributed by atoms with E-state index in [1.165, 1.54) is 12.7 Å². The van der Waals surface area contributed by atoms with Gasteiger partial charge in [0.05, 0.1) is 19.8 Å². The first-order valence-electron chi connectivity index (χ1n) is 5.46. The molecule has 1 fully saturated rings. The van der Waals surface area contributed by atoms with E-state index in [9.17, 15) is 4.79 Å². The first kappa shape index (κ1) is 11.9. The van der Waals surface area contributed by atoms with Gasteiger partial charge in [0, 0.05) is 6.54 Å². The lowest BCUT2D eigenvalue weighted by Gasteiger charge is -2.22. The molecule has 1 aromatic heterocycles. The molecule has 1 amide bonds. The third-order valence-corrected chi connectivity index (χ3v) is 2.63. The lowest BCUT2D eigenvalue weighted by atomic mass is 10.2. The monoisotopic (exact) mass is 237 g/mol. The van der Waals surface area contributed by atoms with Gasteiger partial charge in [-0.2, -0.15) is 0 Å². The number of rotatable bonds is 3. The van der Waals surface area contributed by atoms with Crippen LogP contribution >= 0.6 is 0 Å². The van der Waals surface area contributed by atoms with E-state index in [-0.39, 0.29) is 11.9 Å². The van der Waals surface area contributed by atoms with Crippen molar-refractivity contribution in [1.29, 1.82) is 0 Å². The molecule has 0 aromatic carbocycles. The number of nitrogens with one attached hydrogen (secondary N) is 1. The van der Waals surface area contributed by atoms with E-state index in [1.807, 2.05) is 0 Å². The molecule has 1 aliphatic rings. The van der Waals surface area contributed by atoms with Crippen LogP contribution in [0, 0.1) is 0 Å². The van der Waals surface area contributed by atoms with E-state index in [2.05, 4.69) is 20.3 Å². The summed E-state index contributed by atoms with van der Waals surface area (Å²) in [7, 11) is 1.75. The van der Waals surface area contributed by atoms with Crippen molar-refractivity contribution in [2.75, 3.05) is 26.8 Å². The van der Waals surface area contributed by atoms with Crippen molar-refractivity contribution < 1.29 is 9.53 Å². The van der Waals surface area contributed by atoms with Crippen LogP contribution in [0.25, 0.3) is 0 Å². The molecular weight excluding hydrogens is 222 g/mol. The number of hydrogen-bond donors (Lipinski definition) is 1. The quantitative estimate of drug-likeness (QED) is 0.712. The van der Waals surface area contributed by atoms with E-state index in [1.54, 1.807) is 11.9 Å². The predicted octanol–water partition coefficient (Wildman–Crippen LogP) is -1.18. The Morgan fingerprint density at radius 2 is 2.29 bits per heavy atom. The molecule has 1 unspecified atom stereocenters. The zero-order chi connectivity index (χ0) is 12.1. The normalized spacial score (nSPS) is 21.4. The Balaban J connectivity index is 2.06. The molecule has 2 rings (SSSR count). The molecule has 7 heteroatoms. The summed E-state index contributed by atoms with van der Waals surface area (Å²) in [6, 6.07) is -0.292. The smallest absolute Gasteiger partial charge is 0.242 e. The maximum atomic E-state index is 12.1. The molecule has 0 saturated carbocycles. The average molecular weight is 237 g/mol. The third-order valence-electron chi connectivity index (χ3n) is 2.63. The molecule has 17 heavy (non-hydrogen) atoms. The molecule has 92 valence electrons. The summed E-state index contributed by atoms with van der Waals surface area (Å²) in [6.07, 6.45) is 2.85. The minimum atomic E-state index is -0.292. The number of carbonyl (C=O) groups is 1. The van der Waals surface area contributed by atoms with E-state index < -0.39 is 0 Å². The number of likely N-dealkylation sites (N-methyl/N-ethyl adjacent to an activating group) is 1. The minimum absolute atomic E-state index is 0.0189. The fourth-order valence-corrected chi connectivity index (χ4v) is 1.66. The van der Waals surface area contributed by atoms with Crippen LogP contribution in [-0.4, -0.2) is 58.6 Å². The van der Waals surface area contributed by atoms with Crippen molar-refractivity contribution >= 4 is 5.91 Å². The second-order valence-electron chi connectivity index (χ2n) is 3.73. The van der Waals surface area contributed by atoms with Crippen molar-refractivity contribution in [2.45, 2.75) is 12.6 Å². The molecule has 0 aliphatic carbocycles. The van der Waals surface area contributed by atoms with Gasteiger partial charge in [0.2, 0.25) is 5.91 Å². The van der Waals surface area contributed by atoms with Crippen molar-refractivity contribution in [3.8, 4) is 0 Å². The maximum Gasteiger partial charge on any atom is 0.242 e. The zero-order valence-corrected chi connectivity index (χ0v) is 9.67. The van der Waals surface area contributed by atoms with Crippen LogP contribution in [0.4, 0.5) is 0 Å². The van der Waals surface area contributed by atoms with Crippen LogP contribution < -0.4 is 5.32 Å². The summed E-state index contributed by atoms with van der Waals surface area (Å²) in [5.74, 6) is 0.607. The van der Waals surface area contributed by atoms with Crippen LogP contribution in [0.2, 0.25) is 0 Å². The SMILES string of the molecule is CNC1COCCN(Cc2ncncn2)C1=O. The molecule has 0 radical (unpaired) electrons. The molecule has 1 aromatic rings. The van der Waals surface area contributed by atoms with Crippen LogP contribution in [0.3, 0.4) is 0 Å². The van der Waals surface area contributed by atoms with Gasteiger partial charge in [0.15, 0.2) is 5.82 Å². The largest absolute Gasteiger partial charge is 0.377 e. The Hall–Kier alpha value is -1.60. The van der Waals surface area contributed by atoms with Gasteiger partial charge in [-0.25, -0.2) is 15.0 Å². The zero-order valence-electron chi connectivity index (χ0n) is 9.67. The third kappa shape index (κ3) is 2.95. The van der Waals surface area contributed by atoms with Gasteiger partial charge in [0.1, 0.15) is 18.7 Å². The maximum absolute atomic E-state index is 12.1. The van der Waals surface area contributed by atoms with Crippen molar-refractivity contribution in [2.24, 2.45) is 0 Å². The highest BCUT2D eigenvalue weighted by Gasteiger charge is 2.26. The highest BCUT2D eigenvalue weighted by molar-refractivity contribution is 5.82. The molecule has 1 atom stereocenters. The number of carbonyl (C=O) groups excluding carboxylic acids is 1. The van der Waals surface area contributed by atoms with Crippen molar-refractivity contribution in [3.05, 3.63) is 18.5 Å². The number of aromatic nitrogens is 3. The number of hydrogen-bond acceptors (Lipinski definition) is 6. The summed E-state index contributed by atoms with van der Waals surface area (Å²) >= 11 is 0. The molecule has 0 spiro atoms. The van der Waals surface area contributed by atoms with Crippen LogP contribution in [0.5, 0.6) is 0 Å². The van der Waals surface area contributed by atoms with Crippen molar-refractivity contribution in [3.63, 3.8) is 0 Å². The van der Waals surface area contributed by atoms with Gasteiger partial charge in [-0.3, -0.25) is 4.79 Å². The number of ether oxygens (including phenoxy) is 1. The minimum Gasteiger partial charge on any atom is -0.377 e. The highest BCUT2D eigenvalue weighted by Crippen LogP contribution is 2.05. The molecule has 2 heterocycles. The summed E-state index contributed by atoms with van der Waals surface area (Å²) in [4.78, 5) is 25.6. The van der Waals surface area contributed by atoms with Crippen LogP contribution in [-0.2, 0) is 16.1 Å². The summed E-state index contributed by atoms with van der Waals surface area (Å²) < 4.78 is 5.36. The highest BCUT2D eigenvalue weighted by atomic mass is 16.5. The molecule has 7 nitrogen and oxygen atoms in total. The molecule has 0 bridgehead atoms. The first-order chi connectivity index (χ1) is 8.31. The van der Waals surface area contributed by atoms with Gasteiger partial charge in [0.25, 0.3) is 0 Å². The molecule has 1 aliphatic heterocycles. The standard InChI is InChI=1S/C10H15N5O2/c1-11-8-5-17-3-2-15(10(8)16)4-9-13-6-12-7-14-9/h6-8,11H,2-5H2,1H3. The lowest BCUT2D eigenvalue weighted by molar-refractivity contribution is -0.133. The Morgan fingerprint density at radius 3 is 3.00 bits per heavy atom. The van der Waals surface area contributed by atoms with E-state index in [0.717, 1.165) is 0 Å². The summed E-state index contributed by atoms with van der Waals surface area (Å²) in [5, 5.41) is 2.94. The molecule has 1 N–H and O–H groups in total. The fraction of sp³-hybridized carbons (Fsp3) is 0.600. The Labute approximate surface area is 99.2 Å². The lowest BCUT2D eigenvalue weighted by Crippen LogP contribution is -2.45. The van der Waals surface area contributed by atoms with Gasteiger partial charge >= 0.3 is 0 Å². The molecule has 1 saturated heterocycles. The van der Waals surface area contributed by atoms with Crippen molar-refractivity contribution in [1.82, 2.24) is 25.2 Å². The van der Waals surface area contributed by atoms with E-state index in [4.69, 9.17) is 4.74 Å². The second kappa shape index (κ2) is 5.65. The van der Waals surface area contributed by atoms with Gasteiger partial charge in [-0.15, -0.1) is 0 Å². The average Bonchev–Trinajstić information content (AvgIpc) is 2.54. The topological polar surface area (TPSA) is 80.2 Å². The van der Waals surface area contributed by atoms with E-state index in [0.29, 0.717) is 32.1 Å². The summed E-state index contributed by atoms with van der Waals surface area (Å²) in [6.45, 7) is 1.89. The van der Waals surface area contributed by atoms with Crippen LogP contribution in [0.1, 0.15) is 5.82 Å². The molecular formula is C10H15N5O2. The number of nitrogens with zero attached hydrogens (tertiary/aromatic N) is 4. The number of amides is 1. The van der Waals surface area contributed by atoms with E-state index >= 15 is 0 Å².